The molecule has 2 N–H and O–H groups in total. The van der Waals surface area contributed by atoms with Crippen LogP contribution >= 0.6 is 0 Å². The molecule has 2 aromatic rings. The van der Waals surface area contributed by atoms with Crippen molar-refractivity contribution >= 4 is 17.0 Å². The van der Waals surface area contributed by atoms with E-state index in [0.29, 0.717) is 23.9 Å². The second-order valence-corrected chi connectivity index (χ2v) is 9.69. The molecule has 0 unspecified atom stereocenters. The summed E-state index contributed by atoms with van der Waals surface area (Å²) >= 11 is 0. The van der Waals surface area contributed by atoms with Gasteiger partial charge in [0, 0.05) is 12.8 Å². The Morgan fingerprint density at radius 3 is 2.37 bits per heavy atom. The molecule has 1 aliphatic heterocycles. The van der Waals surface area contributed by atoms with Crippen molar-refractivity contribution in [3.05, 3.63) is 22.9 Å². The van der Waals surface area contributed by atoms with E-state index in [9.17, 15) is 14.7 Å². The Morgan fingerprint density at radius 2 is 1.71 bits per heavy atom. The second kappa shape index (κ2) is 15.0. The minimum absolute atomic E-state index is 0.0953. The largest absolute Gasteiger partial charge is 0.463 e. The van der Waals surface area contributed by atoms with Crippen molar-refractivity contribution in [2.24, 2.45) is 0 Å². The first-order valence-electron chi connectivity index (χ1n) is 13.5. The molecule has 3 rings (SSSR count). The molecule has 1 fully saturated rings. The number of nitrogens with zero attached hydrogens (tertiary/aromatic N) is 3. The third kappa shape index (κ3) is 8.72. The number of ether oxygens (including phenoxy) is 2. The quantitative estimate of drug-likeness (QED) is 0.242. The molecule has 1 saturated heterocycles. The number of aliphatic hydroxyl groups is 1. The highest BCUT2D eigenvalue weighted by molar-refractivity contribution is 5.72. The lowest BCUT2D eigenvalue weighted by Gasteiger charge is -2.16. The van der Waals surface area contributed by atoms with Crippen molar-refractivity contribution in [1.82, 2.24) is 19.7 Å². The number of fused-ring (bicyclic) bond motifs is 1. The normalized spacial score (nSPS) is 20.0. The highest BCUT2D eigenvalue weighted by Crippen LogP contribution is 2.30. The Kier molecular flexibility index (Phi) is 11.7. The molecule has 9 nitrogen and oxygen atoms in total. The molecule has 0 saturated carbocycles. The van der Waals surface area contributed by atoms with Crippen LogP contribution in [-0.2, 0) is 14.3 Å². The SMILES string of the molecule is CCCCCCCCCCCCCCCC(=O)OC[C@@H]1C[C@@H](O)[C@H](n2ncc3c(=O)[nH]cnc32)O1. The molecule has 1 aliphatic rings. The number of carbonyl (C=O) groups excluding carboxylic acids is 1. The molecule has 2 aromatic heterocycles. The van der Waals surface area contributed by atoms with Crippen LogP contribution in [0.3, 0.4) is 0 Å². The number of aliphatic hydroxyl groups excluding tert-OH is 1. The molecular weight excluding hydrogens is 448 g/mol. The third-order valence-electron chi connectivity index (χ3n) is 6.72. The number of aromatic nitrogens is 4. The van der Waals surface area contributed by atoms with Crippen LogP contribution in [-0.4, -0.2) is 49.6 Å². The van der Waals surface area contributed by atoms with E-state index in [-0.39, 0.29) is 18.1 Å². The van der Waals surface area contributed by atoms with Gasteiger partial charge < -0.3 is 19.6 Å². The zero-order valence-electron chi connectivity index (χ0n) is 21.1. The highest BCUT2D eigenvalue weighted by atomic mass is 16.6. The minimum Gasteiger partial charge on any atom is -0.463 e. The van der Waals surface area contributed by atoms with Crippen molar-refractivity contribution in [2.75, 3.05) is 6.61 Å². The van der Waals surface area contributed by atoms with Crippen LogP contribution in [0.1, 0.15) is 109 Å². The third-order valence-corrected chi connectivity index (χ3v) is 6.72. The highest BCUT2D eigenvalue weighted by Gasteiger charge is 2.37. The summed E-state index contributed by atoms with van der Waals surface area (Å²) in [6.45, 7) is 2.35. The summed E-state index contributed by atoms with van der Waals surface area (Å²) in [5, 5.41) is 14.9. The van der Waals surface area contributed by atoms with Gasteiger partial charge in [-0.3, -0.25) is 9.59 Å². The molecule has 0 aromatic carbocycles. The maximum atomic E-state index is 12.1. The van der Waals surface area contributed by atoms with Gasteiger partial charge in [-0.1, -0.05) is 84.0 Å². The van der Waals surface area contributed by atoms with Crippen LogP contribution in [0.5, 0.6) is 0 Å². The number of nitrogens with one attached hydrogen (secondary N) is 1. The van der Waals surface area contributed by atoms with E-state index in [1.54, 1.807) is 0 Å². The van der Waals surface area contributed by atoms with Crippen LogP contribution in [0.25, 0.3) is 11.0 Å². The van der Waals surface area contributed by atoms with E-state index in [1.165, 1.54) is 81.4 Å². The van der Waals surface area contributed by atoms with E-state index in [1.807, 2.05) is 0 Å². The summed E-state index contributed by atoms with van der Waals surface area (Å²) in [4.78, 5) is 30.6. The van der Waals surface area contributed by atoms with Gasteiger partial charge in [0.25, 0.3) is 5.56 Å². The second-order valence-electron chi connectivity index (χ2n) is 9.69. The zero-order valence-corrected chi connectivity index (χ0v) is 21.1. The first-order valence-corrected chi connectivity index (χ1v) is 13.5. The summed E-state index contributed by atoms with van der Waals surface area (Å²) in [5.41, 5.74) is 0.0465. The Morgan fingerprint density at radius 1 is 1.09 bits per heavy atom. The fourth-order valence-electron chi connectivity index (χ4n) is 4.66. The molecule has 0 aliphatic carbocycles. The Hall–Kier alpha value is -2.26. The maximum absolute atomic E-state index is 12.1. The number of aromatic amines is 1. The van der Waals surface area contributed by atoms with Gasteiger partial charge in [0.15, 0.2) is 11.9 Å². The van der Waals surface area contributed by atoms with Crippen molar-refractivity contribution in [1.29, 1.82) is 0 Å². The first-order chi connectivity index (χ1) is 17.1. The lowest BCUT2D eigenvalue weighted by Crippen LogP contribution is -2.22. The van der Waals surface area contributed by atoms with Crippen LogP contribution < -0.4 is 5.56 Å². The van der Waals surface area contributed by atoms with Gasteiger partial charge in [-0.15, -0.1) is 0 Å². The number of hydrogen-bond donors (Lipinski definition) is 2. The van der Waals surface area contributed by atoms with Crippen molar-refractivity contribution in [3.63, 3.8) is 0 Å². The van der Waals surface area contributed by atoms with E-state index < -0.39 is 18.4 Å². The maximum Gasteiger partial charge on any atom is 0.305 e. The molecular formula is C26H42N4O5. The zero-order chi connectivity index (χ0) is 24.9. The summed E-state index contributed by atoms with van der Waals surface area (Å²) in [6, 6.07) is 0. The molecule has 3 heterocycles. The number of carbonyl (C=O) groups is 1. The Balaban J connectivity index is 1.22. The summed E-state index contributed by atoms with van der Waals surface area (Å²) in [5.74, 6) is -0.229. The van der Waals surface area contributed by atoms with Crippen LogP contribution in [0.15, 0.2) is 17.3 Å². The van der Waals surface area contributed by atoms with Gasteiger partial charge in [-0.2, -0.15) is 5.10 Å². The number of esters is 1. The van der Waals surface area contributed by atoms with Crippen molar-refractivity contribution < 1.29 is 19.4 Å². The molecule has 35 heavy (non-hydrogen) atoms. The van der Waals surface area contributed by atoms with Crippen LogP contribution in [0, 0.1) is 0 Å². The Bertz CT molecular complexity index is 943. The fourth-order valence-corrected chi connectivity index (χ4v) is 4.66. The summed E-state index contributed by atoms with van der Waals surface area (Å²) < 4.78 is 12.6. The average molecular weight is 491 g/mol. The number of hydrogen-bond acceptors (Lipinski definition) is 7. The van der Waals surface area contributed by atoms with Gasteiger partial charge in [-0.05, 0) is 6.42 Å². The molecule has 0 amide bonds. The molecule has 3 atom stereocenters. The van der Waals surface area contributed by atoms with Crippen LogP contribution in [0.4, 0.5) is 0 Å². The van der Waals surface area contributed by atoms with E-state index >= 15 is 0 Å². The predicted molar refractivity (Wildman–Crippen MR) is 134 cm³/mol. The number of rotatable bonds is 17. The molecule has 196 valence electrons. The molecule has 0 bridgehead atoms. The standard InChI is InChI=1S/C26H42N4O5/c1-2-3-4-5-6-7-8-9-10-11-12-13-14-15-23(32)34-18-20-16-22(31)26(35-20)30-24-21(17-29-30)25(33)28-19-27-24/h17,19-20,22,26,31H,2-16,18H2,1H3,(H,27,28,33)/t20-,22+,26+/m0/s1. The van der Waals surface area contributed by atoms with Gasteiger partial charge in [-0.25, -0.2) is 9.67 Å². The van der Waals surface area contributed by atoms with E-state index in [0.717, 1.165) is 19.3 Å². The molecule has 9 heteroatoms. The number of H-pyrrole nitrogens is 1. The van der Waals surface area contributed by atoms with Gasteiger partial charge in [0.05, 0.1) is 18.6 Å². The van der Waals surface area contributed by atoms with Gasteiger partial charge in [0.1, 0.15) is 18.1 Å². The Labute approximate surface area is 207 Å². The van der Waals surface area contributed by atoms with Crippen molar-refractivity contribution in [3.8, 4) is 0 Å². The lowest BCUT2D eigenvalue weighted by molar-refractivity contribution is -0.148. The number of unbranched alkanes of at least 4 members (excludes halogenated alkanes) is 12. The van der Waals surface area contributed by atoms with Gasteiger partial charge in [0.2, 0.25) is 0 Å². The average Bonchev–Trinajstić information content (AvgIpc) is 3.44. The topological polar surface area (TPSA) is 119 Å². The predicted octanol–water partition coefficient (Wildman–Crippen LogP) is 4.79. The monoisotopic (exact) mass is 490 g/mol. The molecule has 0 spiro atoms. The first kappa shape index (κ1) is 27.3. The van der Waals surface area contributed by atoms with Crippen molar-refractivity contribution in [2.45, 2.75) is 122 Å². The van der Waals surface area contributed by atoms with Crippen LogP contribution in [0.2, 0.25) is 0 Å². The smallest absolute Gasteiger partial charge is 0.305 e. The van der Waals surface area contributed by atoms with Gasteiger partial charge >= 0.3 is 5.97 Å². The summed E-state index contributed by atoms with van der Waals surface area (Å²) in [7, 11) is 0. The van der Waals surface area contributed by atoms with E-state index in [2.05, 4.69) is 22.0 Å². The summed E-state index contributed by atoms with van der Waals surface area (Å²) in [6.07, 6.45) is 17.9. The fraction of sp³-hybridized carbons (Fsp3) is 0.769. The molecule has 0 radical (unpaired) electrons. The van der Waals surface area contributed by atoms with E-state index in [4.69, 9.17) is 9.47 Å². The lowest BCUT2D eigenvalue weighted by atomic mass is 10.0. The minimum atomic E-state index is -0.830.